The molecular formula is C14H22N4O. The Morgan fingerprint density at radius 1 is 1.26 bits per heavy atom. The zero-order valence-electron chi connectivity index (χ0n) is 11.6. The van der Waals surface area contributed by atoms with Gasteiger partial charge in [-0.1, -0.05) is 0 Å². The zero-order valence-corrected chi connectivity index (χ0v) is 11.6. The second-order valence-corrected chi connectivity index (χ2v) is 5.22. The van der Waals surface area contributed by atoms with Crippen molar-refractivity contribution < 1.29 is 4.79 Å². The van der Waals surface area contributed by atoms with Crippen LogP contribution in [0.1, 0.15) is 12.8 Å². The summed E-state index contributed by atoms with van der Waals surface area (Å²) in [5, 5.41) is 2.57. The van der Waals surface area contributed by atoms with Crippen molar-refractivity contribution in [1.29, 1.82) is 0 Å². The van der Waals surface area contributed by atoms with E-state index in [1.165, 1.54) is 18.5 Å². The Kier molecular flexibility index (Phi) is 4.27. The topological polar surface area (TPSA) is 61.6 Å². The molecule has 2 amide bonds. The van der Waals surface area contributed by atoms with Gasteiger partial charge in [0.15, 0.2) is 0 Å². The summed E-state index contributed by atoms with van der Waals surface area (Å²) in [4.78, 5) is 15.4. The summed E-state index contributed by atoms with van der Waals surface area (Å²) >= 11 is 0. The van der Waals surface area contributed by atoms with Gasteiger partial charge >= 0.3 is 6.03 Å². The lowest BCUT2D eigenvalue weighted by Crippen LogP contribution is -2.41. The monoisotopic (exact) mass is 262 g/mol. The van der Waals surface area contributed by atoms with Gasteiger partial charge in [-0.25, -0.2) is 4.79 Å². The molecule has 1 aliphatic heterocycles. The number of piperidine rings is 1. The number of primary amides is 1. The highest BCUT2D eigenvalue weighted by atomic mass is 16.2. The van der Waals surface area contributed by atoms with Gasteiger partial charge in [0, 0.05) is 30.5 Å². The lowest BCUT2D eigenvalue weighted by atomic mass is 10.0. The van der Waals surface area contributed by atoms with Gasteiger partial charge in [0.05, 0.1) is 0 Å². The number of hydrogen-bond donors (Lipinski definition) is 2. The summed E-state index contributed by atoms with van der Waals surface area (Å²) in [5.74, 6) is 0. The second kappa shape index (κ2) is 5.93. The summed E-state index contributed by atoms with van der Waals surface area (Å²) in [6.07, 6.45) is 2.38. The van der Waals surface area contributed by atoms with Gasteiger partial charge in [0.25, 0.3) is 0 Å². The van der Waals surface area contributed by atoms with E-state index in [-0.39, 0.29) is 0 Å². The largest absolute Gasteiger partial charge is 0.371 e. The van der Waals surface area contributed by atoms with E-state index in [0.29, 0.717) is 6.04 Å². The van der Waals surface area contributed by atoms with Crippen LogP contribution in [0.5, 0.6) is 0 Å². The third-order valence-corrected chi connectivity index (χ3v) is 3.69. The van der Waals surface area contributed by atoms with E-state index in [4.69, 9.17) is 5.73 Å². The summed E-state index contributed by atoms with van der Waals surface area (Å²) in [6.45, 7) is 2.15. The van der Waals surface area contributed by atoms with Gasteiger partial charge in [-0.3, -0.25) is 0 Å². The van der Waals surface area contributed by atoms with Crippen LogP contribution in [-0.2, 0) is 0 Å². The molecule has 19 heavy (non-hydrogen) atoms. The predicted molar refractivity (Wildman–Crippen MR) is 78.6 cm³/mol. The minimum absolute atomic E-state index is 0.528. The van der Waals surface area contributed by atoms with Crippen LogP contribution in [-0.4, -0.2) is 44.2 Å². The van der Waals surface area contributed by atoms with E-state index >= 15 is 0 Å². The molecule has 3 N–H and O–H groups in total. The van der Waals surface area contributed by atoms with E-state index in [1.807, 2.05) is 24.3 Å². The normalized spacial score (nSPS) is 16.7. The summed E-state index contributed by atoms with van der Waals surface area (Å²) in [5.41, 5.74) is 7.02. The number of nitrogens with two attached hydrogens (primary N) is 1. The SMILES string of the molecule is CN(C)C1CCN(c2ccc(NC(N)=O)cc2)CC1. The van der Waals surface area contributed by atoms with Crippen LogP contribution >= 0.6 is 0 Å². The summed E-state index contributed by atoms with van der Waals surface area (Å²) in [7, 11) is 4.29. The molecule has 5 heteroatoms. The molecule has 5 nitrogen and oxygen atoms in total. The number of carbonyl (C=O) groups is 1. The van der Waals surface area contributed by atoms with Crippen LogP contribution in [0, 0.1) is 0 Å². The number of nitrogens with one attached hydrogen (secondary N) is 1. The standard InChI is InChI=1S/C14H22N4O/c1-17(2)12-7-9-18(10-8-12)13-5-3-11(4-6-13)16-14(15)19/h3-6,12H,7-10H2,1-2H3,(H3,15,16,19). The maximum absolute atomic E-state index is 10.8. The Morgan fingerprint density at radius 2 is 1.84 bits per heavy atom. The van der Waals surface area contributed by atoms with Crippen molar-refractivity contribution in [2.24, 2.45) is 5.73 Å². The van der Waals surface area contributed by atoms with Gasteiger partial charge in [-0.2, -0.15) is 0 Å². The molecular weight excluding hydrogens is 240 g/mol. The molecule has 0 aromatic heterocycles. The fraction of sp³-hybridized carbons (Fsp3) is 0.500. The van der Waals surface area contributed by atoms with Crippen molar-refractivity contribution in [3.8, 4) is 0 Å². The Bertz CT molecular complexity index is 422. The van der Waals surface area contributed by atoms with Crippen molar-refractivity contribution in [1.82, 2.24) is 4.90 Å². The quantitative estimate of drug-likeness (QED) is 0.871. The maximum Gasteiger partial charge on any atom is 0.316 e. The number of rotatable bonds is 3. The highest BCUT2D eigenvalue weighted by molar-refractivity contribution is 5.87. The van der Waals surface area contributed by atoms with Gasteiger partial charge in [0.2, 0.25) is 0 Å². The van der Waals surface area contributed by atoms with Crippen LogP contribution in [0.4, 0.5) is 16.2 Å². The number of benzene rings is 1. The zero-order chi connectivity index (χ0) is 13.8. The summed E-state index contributed by atoms with van der Waals surface area (Å²) < 4.78 is 0. The molecule has 1 aromatic carbocycles. The van der Waals surface area contributed by atoms with Crippen molar-refractivity contribution in [2.45, 2.75) is 18.9 Å². The number of carbonyl (C=O) groups excluding carboxylic acids is 1. The first kappa shape index (κ1) is 13.7. The van der Waals surface area contributed by atoms with Crippen LogP contribution < -0.4 is 16.0 Å². The van der Waals surface area contributed by atoms with Crippen molar-refractivity contribution in [3.05, 3.63) is 24.3 Å². The highest BCUT2D eigenvalue weighted by Crippen LogP contribution is 2.23. The Balaban J connectivity index is 1.94. The first-order valence-electron chi connectivity index (χ1n) is 6.64. The van der Waals surface area contributed by atoms with E-state index in [9.17, 15) is 4.79 Å². The first-order chi connectivity index (χ1) is 9.06. The molecule has 1 aliphatic rings. The molecule has 0 atom stereocenters. The van der Waals surface area contributed by atoms with E-state index < -0.39 is 6.03 Å². The molecule has 0 spiro atoms. The van der Waals surface area contributed by atoms with Crippen LogP contribution in [0.25, 0.3) is 0 Å². The molecule has 0 unspecified atom stereocenters. The van der Waals surface area contributed by atoms with E-state index in [0.717, 1.165) is 18.8 Å². The molecule has 0 saturated carbocycles. The molecule has 1 aromatic rings. The Hall–Kier alpha value is -1.75. The Labute approximate surface area is 114 Å². The fourth-order valence-corrected chi connectivity index (χ4v) is 2.54. The molecule has 1 saturated heterocycles. The average molecular weight is 262 g/mol. The molecule has 0 bridgehead atoms. The fourth-order valence-electron chi connectivity index (χ4n) is 2.54. The number of hydrogen-bond acceptors (Lipinski definition) is 3. The smallest absolute Gasteiger partial charge is 0.316 e. The van der Waals surface area contributed by atoms with Crippen molar-refractivity contribution >= 4 is 17.4 Å². The molecule has 0 aliphatic carbocycles. The highest BCUT2D eigenvalue weighted by Gasteiger charge is 2.20. The molecule has 1 heterocycles. The van der Waals surface area contributed by atoms with E-state index in [1.54, 1.807) is 0 Å². The average Bonchev–Trinajstić information content (AvgIpc) is 2.39. The molecule has 2 rings (SSSR count). The molecule has 0 radical (unpaired) electrons. The van der Waals surface area contributed by atoms with Gasteiger partial charge in [-0.15, -0.1) is 0 Å². The number of amides is 2. The molecule has 104 valence electrons. The predicted octanol–water partition coefficient (Wildman–Crippen LogP) is 1.71. The van der Waals surface area contributed by atoms with Crippen LogP contribution in [0.3, 0.4) is 0 Å². The van der Waals surface area contributed by atoms with Gasteiger partial charge in [0.1, 0.15) is 0 Å². The number of anilines is 2. The third-order valence-electron chi connectivity index (χ3n) is 3.69. The third kappa shape index (κ3) is 3.61. The number of urea groups is 1. The minimum atomic E-state index is -0.528. The lowest BCUT2D eigenvalue weighted by molar-refractivity contribution is 0.249. The van der Waals surface area contributed by atoms with Crippen molar-refractivity contribution in [2.75, 3.05) is 37.4 Å². The van der Waals surface area contributed by atoms with Gasteiger partial charge < -0.3 is 20.9 Å². The minimum Gasteiger partial charge on any atom is -0.371 e. The van der Waals surface area contributed by atoms with E-state index in [2.05, 4.69) is 29.2 Å². The maximum atomic E-state index is 10.8. The summed E-state index contributed by atoms with van der Waals surface area (Å²) in [6, 6.07) is 7.99. The van der Waals surface area contributed by atoms with Crippen molar-refractivity contribution in [3.63, 3.8) is 0 Å². The Morgan fingerprint density at radius 3 is 2.32 bits per heavy atom. The second-order valence-electron chi connectivity index (χ2n) is 5.22. The van der Waals surface area contributed by atoms with Crippen LogP contribution in [0.2, 0.25) is 0 Å². The number of nitrogens with zero attached hydrogens (tertiary/aromatic N) is 2. The van der Waals surface area contributed by atoms with Gasteiger partial charge in [-0.05, 0) is 51.2 Å². The first-order valence-corrected chi connectivity index (χ1v) is 6.64. The molecule has 1 fully saturated rings. The van der Waals surface area contributed by atoms with Crippen LogP contribution in [0.15, 0.2) is 24.3 Å². The lowest BCUT2D eigenvalue weighted by Gasteiger charge is -2.36.